The van der Waals surface area contributed by atoms with Gasteiger partial charge in [-0.3, -0.25) is 0 Å². The second-order valence-corrected chi connectivity index (χ2v) is 7.38. The molecule has 1 saturated heterocycles. The molecule has 0 aromatic heterocycles. The molecule has 130 valence electrons. The minimum atomic E-state index is -0.896. The molecule has 24 heavy (non-hydrogen) atoms. The fraction of sp³-hybridized carbons (Fsp3) is 0.650. The average Bonchev–Trinajstić information content (AvgIpc) is 3.03. The van der Waals surface area contributed by atoms with Crippen LogP contribution in [0.3, 0.4) is 0 Å². The van der Waals surface area contributed by atoms with Crippen LogP contribution in [0.5, 0.6) is 5.75 Å². The van der Waals surface area contributed by atoms with Gasteiger partial charge in [0.2, 0.25) is 5.60 Å². The van der Waals surface area contributed by atoms with Gasteiger partial charge < -0.3 is 14.2 Å². The van der Waals surface area contributed by atoms with Gasteiger partial charge in [-0.15, -0.1) is 0 Å². The zero-order valence-corrected chi connectivity index (χ0v) is 14.4. The first-order chi connectivity index (χ1) is 11.7. The Balaban J connectivity index is 1.60. The molecule has 3 aliphatic rings. The van der Waals surface area contributed by atoms with Crippen molar-refractivity contribution in [3.63, 3.8) is 0 Å². The maximum atomic E-state index is 13.1. The monoisotopic (exact) mass is 330 g/mol. The topological polar surface area (TPSA) is 48.1 Å². The summed E-state index contributed by atoms with van der Waals surface area (Å²) in [6.07, 6.45) is 9.70. The predicted octanol–water partition coefficient (Wildman–Crippen LogP) is 4.11. The summed E-state index contributed by atoms with van der Waals surface area (Å²) in [6, 6.07) is 7.70. The Kier molecular flexibility index (Phi) is 4.03. The van der Waals surface area contributed by atoms with E-state index < -0.39 is 5.60 Å². The number of carbonyl (C=O) groups excluding carboxylic acids is 1. The Morgan fingerprint density at radius 3 is 2.33 bits per heavy atom. The molecule has 1 spiro atoms. The van der Waals surface area contributed by atoms with Gasteiger partial charge in [-0.25, -0.2) is 4.79 Å². The molecule has 1 aromatic carbocycles. The lowest BCUT2D eigenvalue weighted by Gasteiger charge is -2.25. The van der Waals surface area contributed by atoms with Crippen molar-refractivity contribution < 1.29 is 19.0 Å². The summed E-state index contributed by atoms with van der Waals surface area (Å²) in [4.78, 5) is 13.1. The molecule has 4 nitrogen and oxygen atoms in total. The van der Waals surface area contributed by atoms with E-state index in [2.05, 4.69) is 0 Å². The fourth-order valence-electron chi connectivity index (χ4n) is 4.58. The minimum absolute atomic E-state index is 0.0593. The average molecular weight is 330 g/mol. The van der Waals surface area contributed by atoms with Crippen molar-refractivity contribution in [3.8, 4) is 5.75 Å². The number of benzene rings is 1. The predicted molar refractivity (Wildman–Crippen MR) is 89.9 cm³/mol. The first kappa shape index (κ1) is 15.9. The smallest absolute Gasteiger partial charge is 0.346 e. The molecule has 1 unspecified atom stereocenters. The van der Waals surface area contributed by atoms with Gasteiger partial charge in [0.15, 0.2) is 0 Å². The van der Waals surface area contributed by atoms with E-state index in [1.807, 2.05) is 24.3 Å². The van der Waals surface area contributed by atoms with Crippen LogP contribution >= 0.6 is 0 Å². The molecule has 4 heteroatoms. The summed E-state index contributed by atoms with van der Waals surface area (Å²) in [6.45, 7) is 0. The summed E-state index contributed by atoms with van der Waals surface area (Å²) in [5.74, 6) is 0.608. The fourth-order valence-corrected chi connectivity index (χ4v) is 4.58. The van der Waals surface area contributed by atoms with E-state index in [4.69, 9.17) is 14.2 Å². The van der Waals surface area contributed by atoms with Gasteiger partial charge in [0.05, 0.1) is 7.11 Å². The normalized spacial score (nSPS) is 28.7. The molecule has 0 radical (unpaired) electrons. The van der Waals surface area contributed by atoms with E-state index in [9.17, 15) is 4.79 Å². The van der Waals surface area contributed by atoms with Crippen LogP contribution in [0, 0.1) is 0 Å². The molecule has 1 atom stereocenters. The highest BCUT2D eigenvalue weighted by Gasteiger charge is 2.76. The van der Waals surface area contributed by atoms with E-state index >= 15 is 0 Å². The SMILES string of the molecule is COc1ccc(C2(C(=O)OC3CCCCC3)OC23CCCC3)cc1. The molecular weight excluding hydrogens is 304 g/mol. The highest BCUT2D eigenvalue weighted by Crippen LogP contribution is 2.64. The van der Waals surface area contributed by atoms with Crippen molar-refractivity contribution in [2.75, 3.05) is 7.11 Å². The first-order valence-corrected chi connectivity index (χ1v) is 9.26. The zero-order chi connectivity index (χ0) is 16.6. The van der Waals surface area contributed by atoms with Crippen LogP contribution in [-0.4, -0.2) is 24.8 Å². The maximum Gasteiger partial charge on any atom is 0.346 e. The molecule has 1 aliphatic heterocycles. The highest BCUT2D eigenvalue weighted by atomic mass is 16.7. The highest BCUT2D eigenvalue weighted by molar-refractivity contribution is 5.87. The lowest BCUT2D eigenvalue weighted by atomic mass is 9.84. The molecule has 2 saturated carbocycles. The number of hydrogen-bond donors (Lipinski definition) is 0. The summed E-state index contributed by atoms with van der Waals surface area (Å²) in [7, 11) is 1.65. The van der Waals surface area contributed by atoms with Crippen LogP contribution < -0.4 is 4.74 Å². The van der Waals surface area contributed by atoms with E-state index in [-0.39, 0.29) is 17.7 Å². The van der Waals surface area contributed by atoms with Crippen LogP contribution in [0.2, 0.25) is 0 Å². The maximum absolute atomic E-state index is 13.1. The quantitative estimate of drug-likeness (QED) is 0.616. The van der Waals surface area contributed by atoms with Crippen molar-refractivity contribution in [2.45, 2.75) is 75.1 Å². The lowest BCUT2D eigenvalue weighted by Crippen LogP contribution is -2.35. The number of hydrogen-bond acceptors (Lipinski definition) is 4. The van der Waals surface area contributed by atoms with E-state index in [1.54, 1.807) is 7.11 Å². The zero-order valence-electron chi connectivity index (χ0n) is 14.4. The van der Waals surface area contributed by atoms with Crippen LogP contribution in [0.15, 0.2) is 24.3 Å². The van der Waals surface area contributed by atoms with Gasteiger partial charge in [-0.1, -0.05) is 31.4 Å². The standard InChI is InChI=1S/C20H26O4/c1-22-16-11-9-15(10-12-16)20(19(24-20)13-5-6-14-19)18(21)23-17-7-3-2-4-8-17/h9-12,17H,2-8,13-14H2,1H3. The van der Waals surface area contributed by atoms with E-state index in [0.29, 0.717) is 0 Å². The van der Waals surface area contributed by atoms with Gasteiger partial charge in [0.25, 0.3) is 0 Å². The van der Waals surface area contributed by atoms with Crippen LogP contribution in [-0.2, 0) is 19.9 Å². The summed E-state index contributed by atoms with van der Waals surface area (Å²) in [5.41, 5.74) is -0.327. The molecule has 4 rings (SSSR count). The third-order valence-electron chi connectivity index (χ3n) is 5.97. The Bertz CT molecular complexity index is 597. The molecule has 0 bridgehead atoms. The van der Waals surface area contributed by atoms with E-state index in [1.165, 1.54) is 6.42 Å². The van der Waals surface area contributed by atoms with Crippen molar-refractivity contribution in [1.29, 1.82) is 0 Å². The van der Waals surface area contributed by atoms with Gasteiger partial charge in [-0.05, 0) is 56.2 Å². The first-order valence-electron chi connectivity index (χ1n) is 9.26. The second kappa shape index (κ2) is 6.07. The van der Waals surface area contributed by atoms with Crippen LogP contribution in [0.25, 0.3) is 0 Å². The number of esters is 1. The van der Waals surface area contributed by atoms with E-state index in [0.717, 1.165) is 62.7 Å². The molecular formula is C20H26O4. The number of carbonyl (C=O) groups is 1. The number of methoxy groups -OCH3 is 1. The number of epoxide rings is 1. The Labute approximate surface area is 143 Å². The largest absolute Gasteiger partial charge is 0.497 e. The van der Waals surface area contributed by atoms with Crippen molar-refractivity contribution in [3.05, 3.63) is 29.8 Å². The third-order valence-corrected chi connectivity index (χ3v) is 5.97. The van der Waals surface area contributed by atoms with Gasteiger partial charge in [0, 0.05) is 0 Å². The summed E-state index contributed by atoms with van der Waals surface area (Å²) < 4.78 is 17.4. The Morgan fingerprint density at radius 2 is 1.71 bits per heavy atom. The Morgan fingerprint density at radius 1 is 1.04 bits per heavy atom. The molecule has 2 aliphatic carbocycles. The van der Waals surface area contributed by atoms with Crippen molar-refractivity contribution in [2.24, 2.45) is 0 Å². The minimum Gasteiger partial charge on any atom is -0.497 e. The molecule has 0 N–H and O–H groups in total. The Hall–Kier alpha value is -1.55. The van der Waals surface area contributed by atoms with Crippen LogP contribution in [0.1, 0.15) is 63.4 Å². The third kappa shape index (κ3) is 2.43. The summed E-state index contributed by atoms with van der Waals surface area (Å²) in [5, 5.41) is 0. The summed E-state index contributed by atoms with van der Waals surface area (Å²) >= 11 is 0. The molecule has 1 aromatic rings. The van der Waals surface area contributed by atoms with Crippen molar-refractivity contribution in [1.82, 2.24) is 0 Å². The molecule has 3 fully saturated rings. The lowest BCUT2D eigenvalue weighted by molar-refractivity contribution is -0.157. The van der Waals surface area contributed by atoms with Gasteiger partial charge in [0.1, 0.15) is 17.5 Å². The molecule has 0 amide bonds. The van der Waals surface area contributed by atoms with Crippen LogP contribution in [0.4, 0.5) is 0 Å². The molecule has 1 heterocycles. The number of rotatable bonds is 4. The van der Waals surface area contributed by atoms with Crippen molar-refractivity contribution >= 4 is 5.97 Å². The number of ether oxygens (including phenoxy) is 3. The van der Waals surface area contributed by atoms with Gasteiger partial charge >= 0.3 is 5.97 Å². The van der Waals surface area contributed by atoms with Gasteiger partial charge in [-0.2, -0.15) is 0 Å². The second-order valence-electron chi connectivity index (χ2n) is 7.38.